The van der Waals surface area contributed by atoms with Crippen molar-refractivity contribution in [3.63, 3.8) is 0 Å². The maximum absolute atomic E-state index is 5.35. The number of nitrogens with one attached hydrogen (secondary N) is 1. The second-order valence-electron chi connectivity index (χ2n) is 3.82. The van der Waals surface area contributed by atoms with Crippen LogP contribution in [0.2, 0.25) is 0 Å². The monoisotopic (exact) mass is 260 g/mol. The molecule has 0 aliphatic rings. The fourth-order valence-electron chi connectivity index (χ4n) is 1.67. The van der Waals surface area contributed by atoms with E-state index in [9.17, 15) is 0 Å². The van der Waals surface area contributed by atoms with Crippen molar-refractivity contribution >= 4 is 17.7 Å². The van der Waals surface area contributed by atoms with Crippen LogP contribution in [0.5, 0.6) is 0 Å². The molecular weight excluding hydrogens is 244 g/mol. The van der Waals surface area contributed by atoms with Gasteiger partial charge in [0.2, 0.25) is 5.95 Å². The van der Waals surface area contributed by atoms with Crippen LogP contribution in [0, 0.1) is 6.92 Å². The highest BCUT2D eigenvalue weighted by molar-refractivity contribution is 7.99. The minimum atomic E-state index is 0.442. The van der Waals surface area contributed by atoms with Gasteiger partial charge < -0.3 is 0 Å². The van der Waals surface area contributed by atoms with Crippen LogP contribution in [-0.4, -0.2) is 15.7 Å². The number of rotatable bonds is 4. The molecule has 3 N–H and O–H groups in total. The maximum Gasteiger partial charge on any atom is 0.237 e. The Kier molecular flexibility index (Phi) is 4.17. The van der Waals surface area contributed by atoms with Gasteiger partial charge in [-0.3, -0.25) is 5.43 Å². The highest BCUT2D eigenvalue weighted by Gasteiger charge is 2.04. The molecule has 1 aromatic carbocycles. The molecule has 0 aliphatic carbocycles. The zero-order chi connectivity index (χ0) is 13.0. The van der Waals surface area contributed by atoms with E-state index in [1.807, 2.05) is 24.8 Å². The van der Waals surface area contributed by atoms with Crippen LogP contribution in [0.3, 0.4) is 0 Å². The first-order valence-electron chi connectivity index (χ1n) is 5.78. The number of benzene rings is 1. The lowest BCUT2D eigenvalue weighted by atomic mass is 10.1. The summed E-state index contributed by atoms with van der Waals surface area (Å²) in [5.41, 5.74) is 5.32. The molecule has 94 valence electrons. The van der Waals surface area contributed by atoms with Crippen molar-refractivity contribution in [2.45, 2.75) is 18.7 Å². The predicted molar refractivity (Wildman–Crippen MR) is 76.4 cm³/mol. The number of anilines is 1. The van der Waals surface area contributed by atoms with Gasteiger partial charge >= 0.3 is 0 Å². The molecule has 18 heavy (non-hydrogen) atoms. The first-order chi connectivity index (χ1) is 8.72. The first kappa shape index (κ1) is 12.9. The van der Waals surface area contributed by atoms with E-state index in [-0.39, 0.29) is 0 Å². The average Bonchev–Trinajstić information content (AvgIpc) is 2.39. The molecule has 0 saturated carbocycles. The van der Waals surface area contributed by atoms with Crippen LogP contribution in [0.1, 0.15) is 12.6 Å². The van der Waals surface area contributed by atoms with Gasteiger partial charge in [0.1, 0.15) is 0 Å². The summed E-state index contributed by atoms with van der Waals surface area (Å²) in [5, 5.41) is 0. The molecule has 0 bridgehead atoms. The number of hydrogen-bond donors (Lipinski definition) is 2. The van der Waals surface area contributed by atoms with Crippen molar-refractivity contribution in [1.82, 2.24) is 9.97 Å². The van der Waals surface area contributed by atoms with Crippen molar-refractivity contribution in [2.24, 2.45) is 5.84 Å². The number of aromatic nitrogens is 2. The van der Waals surface area contributed by atoms with Crippen LogP contribution < -0.4 is 11.3 Å². The molecule has 2 rings (SSSR count). The van der Waals surface area contributed by atoms with E-state index in [1.54, 1.807) is 0 Å². The van der Waals surface area contributed by atoms with Crippen LogP contribution >= 0.6 is 11.8 Å². The third-order valence-corrected chi connectivity index (χ3v) is 3.34. The summed E-state index contributed by atoms with van der Waals surface area (Å²) in [7, 11) is 0. The van der Waals surface area contributed by atoms with Crippen molar-refractivity contribution < 1.29 is 0 Å². The zero-order valence-corrected chi connectivity index (χ0v) is 11.3. The summed E-state index contributed by atoms with van der Waals surface area (Å²) in [6, 6.07) is 10.3. The molecule has 0 aliphatic heterocycles. The van der Waals surface area contributed by atoms with Gasteiger partial charge in [-0.05, 0) is 30.9 Å². The van der Waals surface area contributed by atoms with Crippen molar-refractivity contribution in [1.29, 1.82) is 0 Å². The molecule has 4 nitrogen and oxygen atoms in total. The number of hydrazine groups is 1. The predicted octanol–water partition coefficient (Wildman–Crippen LogP) is 2.85. The van der Waals surface area contributed by atoms with Gasteiger partial charge in [0.15, 0.2) is 0 Å². The summed E-state index contributed by atoms with van der Waals surface area (Å²) < 4.78 is 0. The van der Waals surface area contributed by atoms with E-state index in [0.717, 1.165) is 22.7 Å². The van der Waals surface area contributed by atoms with Crippen LogP contribution in [0.4, 0.5) is 5.95 Å². The smallest absolute Gasteiger partial charge is 0.237 e. The molecule has 2 aromatic rings. The number of aryl methyl sites for hydroxylation is 1. The number of nitrogens with zero attached hydrogens (tertiary/aromatic N) is 2. The summed E-state index contributed by atoms with van der Waals surface area (Å²) in [6.45, 7) is 4.07. The molecule has 0 fully saturated rings. The maximum atomic E-state index is 5.35. The van der Waals surface area contributed by atoms with Gasteiger partial charge in [-0.2, -0.15) is 0 Å². The Morgan fingerprint density at radius 1 is 1.22 bits per heavy atom. The van der Waals surface area contributed by atoms with Crippen LogP contribution in [0.25, 0.3) is 11.3 Å². The van der Waals surface area contributed by atoms with Crippen LogP contribution in [-0.2, 0) is 0 Å². The molecule has 0 amide bonds. The molecule has 1 heterocycles. The van der Waals surface area contributed by atoms with E-state index >= 15 is 0 Å². The SMILES string of the molecule is CCSc1ccc(-c2cc(C)nc(NN)n2)cc1. The average molecular weight is 260 g/mol. The second-order valence-corrected chi connectivity index (χ2v) is 5.16. The fourth-order valence-corrected chi connectivity index (χ4v) is 2.33. The summed E-state index contributed by atoms with van der Waals surface area (Å²) in [4.78, 5) is 9.79. The lowest BCUT2D eigenvalue weighted by Gasteiger charge is -2.06. The number of nitrogen functional groups attached to an aromatic ring is 1. The Labute approximate surface area is 111 Å². The minimum absolute atomic E-state index is 0.442. The second kappa shape index (κ2) is 5.84. The molecule has 1 aromatic heterocycles. The molecule has 0 spiro atoms. The summed E-state index contributed by atoms with van der Waals surface area (Å²) >= 11 is 1.82. The Balaban J connectivity index is 2.33. The first-order valence-corrected chi connectivity index (χ1v) is 6.77. The van der Waals surface area contributed by atoms with Crippen LogP contribution in [0.15, 0.2) is 35.2 Å². The quantitative estimate of drug-likeness (QED) is 0.503. The Morgan fingerprint density at radius 2 is 1.94 bits per heavy atom. The van der Waals surface area contributed by atoms with E-state index < -0.39 is 0 Å². The summed E-state index contributed by atoms with van der Waals surface area (Å²) in [6.07, 6.45) is 0. The Bertz CT molecular complexity index is 525. The van der Waals surface area contributed by atoms with E-state index in [1.165, 1.54) is 4.90 Å². The number of thioether (sulfide) groups is 1. The molecule has 0 atom stereocenters. The van der Waals surface area contributed by atoms with E-state index in [4.69, 9.17) is 5.84 Å². The molecule has 0 radical (unpaired) electrons. The van der Waals surface area contributed by atoms with Crippen molar-refractivity contribution in [2.75, 3.05) is 11.2 Å². The highest BCUT2D eigenvalue weighted by atomic mass is 32.2. The summed E-state index contributed by atoms with van der Waals surface area (Å²) in [5.74, 6) is 6.87. The van der Waals surface area contributed by atoms with Gasteiger partial charge in [0, 0.05) is 16.2 Å². The number of nitrogens with two attached hydrogens (primary N) is 1. The standard InChI is InChI=1S/C13H16N4S/c1-3-18-11-6-4-10(5-7-11)12-8-9(2)15-13(16-12)17-14/h4-8H,3,14H2,1-2H3,(H,15,16,17). The van der Waals surface area contributed by atoms with Gasteiger partial charge in [0.25, 0.3) is 0 Å². The van der Waals surface area contributed by atoms with Gasteiger partial charge in [-0.25, -0.2) is 15.8 Å². The topological polar surface area (TPSA) is 63.8 Å². The Hall–Kier alpha value is -1.59. The van der Waals surface area contributed by atoms with Gasteiger partial charge in [0.05, 0.1) is 5.69 Å². The Morgan fingerprint density at radius 3 is 2.56 bits per heavy atom. The van der Waals surface area contributed by atoms with Crippen molar-refractivity contribution in [3.8, 4) is 11.3 Å². The molecule has 0 saturated heterocycles. The van der Waals surface area contributed by atoms with Gasteiger partial charge in [-0.15, -0.1) is 11.8 Å². The van der Waals surface area contributed by atoms with Gasteiger partial charge in [-0.1, -0.05) is 19.1 Å². The van der Waals surface area contributed by atoms with E-state index in [2.05, 4.69) is 46.6 Å². The minimum Gasteiger partial charge on any atom is -0.292 e. The zero-order valence-electron chi connectivity index (χ0n) is 10.5. The molecule has 5 heteroatoms. The third kappa shape index (κ3) is 3.00. The molecular formula is C13H16N4S. The third-order valence-electron chi connectivity index (χ3n) is 2.44. The fraction of sp³-hybridized carbons (Fsp3) is 0.231. The molecule has 0 unspecified atom stereocenters. The van der Waals surface area contributed by atoms with Crippen molar-refractivity contribution in [3.05, 3.63) is 36.0 Å². The number of hydrogen-bond acceptors (Lipinski definition) is 5. The lowest BCUT2D eigenvalue weighted by Crippen LogP contribution is -2.11. The highest BCUT2D eigenvalue weighted by Crippen LogP contribution is 2.23. The lowest BCUT2D eigenvalue weighted by molar-refractivity contribution is 1.08. The largest absolute Gasteiger partial charge is 0.292 e. The van der Waals surface area contributed by atoms with E-state index in [0.29, 0.717) is 5.95 Å². The normalized spacial score (nSPS) is 10.4.